The highest BCUT2D eigenvalue weighted by Gasteiger charge is 2.04. The van der Waals surface area contributed by atoms with E-state index in [1.165, 1.54) is 6.33 Å². The van der Waals surface area contributed by atoms with Gasteiger partial charge in [-0.1, -0.05) is 22.8 Å². The van der Waals surface area contributed by atoms with Crippen molar-refractivity contribution in [3.63, 3.8) is 0 Å². The maximum Gasteiger partial charge on any atom is 0.228 e. The van der Waals surface area contributed by atoms with E-state index in [0.29, 0.717) is 29.6 Å². The molecule has 16 heavy (non-hydrogen) atoms. The van der Waals surface area contributed by atoms with Gasteiger partial charge >= 0.3 is 0 Å². The van der Waals surface area contributed by atoms with Gasteiger partial charge in [-0.15, -0.1) is 0 Å². The summed E-state index contributed by atoms with van der Waals surface area (Å²) in [5.74, 6) is 0.582. The molecule has 0 bridgehead atoms. The zero-order valence-corrected chi connectivity index (χ0v) is 9.24. The quantitative estimate of drug-likeness (QED) is 0.797. The van der Waals surface area contributed by atoms with Crippen molar-refractivity contribution in [2.24, 2.45) is 0 Å². The van der Waals surface area contributed by atoms with Gasteiger partial charge in [0, 0.05) is 13.0 Å². The molecule has 0 aliphatic carbocycles. The number of nitrogens with one attached hydrogen (secondary N) is 1. The average molecular weight is 239 g/mol. The molecular formula is C10H11ClN4O. The molecule has 3 N–H and O–H groups in total. The van der Waals surface area contributed by atoms with E-state index in [9.17, 15) is 0 Å². The number of rotatable bonds is 4. The summed E-state index contributed by atoms with van der Waals surface area (Å²) >= 11 is 6.00. The third-order valence-corrected chi connectivity index (χ3v) is 2.41. The summed E-state index contributed by atoms with van der Waals surface area (Å²) in [6.45, 7) is 0.635. The van der Waals surface area contributed by atoms with Crippen LogP contribution in [-0.4, -0.2) is 16.7 Å². The van der Waals surface area contributed by atoms with E-state index in [1.54, 1.807) is 18.2 Å². The van der Waals surface area contributed by atoms with Crippen LogP contribution < -0.4 is 11.1 Å². The molecule has 2 aromatic rings. The Bertz CT molecular complexity index is 438. The highest BCUT2D eigenvalue weighted by atomic mass is 35.5. The molecular weight excluding hydrogens is 228 g/mol. The first-order valence-corrected chi connectivity index (χ1v) is 5.18. The van der Waals surface area contributed by atoms with Crippen LogP contribution in [0.25, 0.3) is 0 Å². The Balaban J connectivity index is 1.95. The molecule has 1 aromatic carbocycles. The molecule has 0 fully saturated rings. The molecule has 2 rings (SSSR count). The van der Waals surface area contributed by atoms with E-state index in [2.05, 4.69) is 15.5 Å². The van der Waals surface area contributed by atoms with Gasteiger partial charge in [0.25, 0.3) is 0 Å². The fourth-order valence-corrected chi connectivity index (χ4v) is 1.58. The molecule has 5 nitrogen and oxygen atoms in total. The van der Waals surface area contributed by atoms with Crippen LogP contribution in [-0.2, 0) is 6.42 Å². The van der Waals surface area contributed by atoms with Crippen molar-refractivity contribution >= 4 is 23.0 Å². The number of hydrogen-bond acceptors (Lipinski definition) is 5. The number of para-hydroxylation sites is 1. The second-order valence-corrected chi connectivity index (χ2v) is 3.62. The van der Waals surface area contributed by atoms with Crippen molar-refractivity contribution in [2.45, 2.75) is 6.42 Å². The van der Waals surface area contributed by atoms with Gasteiger partial charge in [0.15, 0.2) is 6.33 Å². The molecule has 1 heterocycles. The first-order chi connectivity index (χ1) is 7.77. The number of halogens is 1. The van der Waals surface area contributed by atoms with Crippen molar-refractivity contribution in [2.75, 3.05) is 17.6 Å². The Hall–Kier alpha value is -1.75. The Kier molecular flexibility index (Phi) is 3.26. The Morgan fingerprint density at radius 2 is 2.31 bits per heavy atom. The predicted octanol–water partition coefficient (Wildman–Crippen LogP) is 1.96. The van der Waals surface area contributed by atoms with E-state index in [0.717, 1.165) is 5.69 Å². The number of hydrogen-bond donors (Lipinski definition) is 2. The highest BCUT2D eigenvalue weighted by molar-refractivity contribution is 6.33. The molecule has 0 unspecified atom stereocenters. The Morgan fingerprint density at radius 3 is 3.00 bits per heavy atom. The third-order valence-electron chi connectivity index (χ3n) is 2.09. The van der Waals surface area contributed by atoms with Gasteiger partial charge in [-0.3, -0.25) is 0 Å². The van der Waals surface area contributed by atoms with Crippen molar-refractivity contribution < 1.29 is 4.52 Å². The zero-order valence-electron chi connectivity index (χ0n) is 8.48. The molecule has 0 saturated carbocycles. The Labute approximate surface area is 97.6 Å². The smallest absolute Gasteiger partial charge is 0.228 e. The van der Waals surface area contributed by atoms with E-state index in [-0.39, 0.29) is 0 Å². The second-order valence-electron chi connectivity index (χ2n) is 3.22. The minimum Gasteiger partial charge on any atom is -0.397 e. The maximum atomic E-state index is 6.00. The van der Waals surface area contributed by atoms with Gasteiger partial charge in [-0.2, -0.15) is 4.98 Å². The summed E-state index contributed by atoms with van der Waals surface area (Å²) in [5.41, 5.74) is 7.15. The van der Waals surface area contributed by atoms with Gasteiger partial charge in [0.05, 0.1) is 16.4 Å². The van der Waals surface area contributed by atoms with Crippen LogP contribution in [0.4, 0.5) is 11.4 Å². The van der Waals surface area contributed by atoms with Gasteiger partial charge < -0.3 is 15.6 Å². The normalized spacial score (nSPS) is 10.3. The van der Waals surface area contributed by atoms with Crippen LogP contribution in [0.15, 0.2) is 29.0 Å². The molecule has 1 aromatic heterocycles. The van der Waals surface area contributed by atoms with Crippen molar-refractivity contribution in [1.82, 2.24) is 10.1 Å². The largest absolute Gasteiger partial charge is 0.397 e. The van der Waals surface area contributed by atoms with Crippen molar-refractivity contribution in [3.05, 3.63) is 35.4 Å². The van der Waals surface area contributed by atoms with E-state index < -0.39 is 0 Å². The van der Waals surface area contributed by atoms with Crippen LogP contribution in [0.1, 0.15) is 5.89 Å². The third kappa shape index (κ3) is 2.43. The number of aromatic nitrogens is 2. The molecule has 0 aliphatic rings. The summed E-state index contributed by atoms with van der Waals surface area (Å²) in [4.78, 5) is 3.91. The molecule has 0 aliphatic heterocycles. The number of nitrogens with two attached hydrogens (primary N) is 1. The number of nitrogens with zero attached hydrogens (tertiary/aromatic N) is 2. The molecule has 0 atom stereocenters. The molecule has 0 radical (unpaired) electrons. The van der Waals surface area contributed by atoms with Gasteiger partial charge in [0.2, 0.25) is 5.89 Å². The highest BCUT2D eigenvalue weighted by Crippen LogP contribution is 2.27. The number of anilines is 2. The lowest BCUT2D eigenvalue weighted by atomic mass is 10.2. The van der Waals surface area contributed by atoms with Crippen LogP contribution >= 0.6 is 11.6 Å². The topological polar surface area (TPSA) is 77.0 Å². The van der Waals surface area contributed by atoms with Crippen molar-refractivity contribution in [1.29, 1.82) is 0 Å². The minimum absolute atomic E-state index is 0.582. The summed E-state index contributed by atoms with van der Waals surface area (Å²) in [6.07, 6.45) is 2.00. The fraction of sp³-hybridized carbons (Fsp3) is 0.200. The van der Waals surface area contributed by atoms with Crippen LogP contribution in [0.3, 0.4) is 0 Å². The standard InChI is InChI=1S/C10H11ClN4O/c11-7-2-1-3-8(12)10(7)13-5-4-9-14-6-15-16-9/h1-3,6,13H,4-5,12H2. The number of nitrogen functional groups attached to an aromatic ring is 1. The summed E-state index contributed by atoms with van der Waals surface area (Å²) in [7, 11) is 0. The van der Waals surface area contributed by atoms with Crippen LogP contribution in [0.2, 0.25) is 5.02 Å². The van der Waals surface area contributed by atoms with Gasteiger partial charge in [-0.25, -0.2) is 0 Å². The lowest BCUT2D eigenvalue weighted by molar-refractivity contribution is 0.380. The van der Waals surface area contributed by atoms with Gasteiger partial charge in [-0.05, 0) is 12.1 Å². The second kappa shape index (κ2) is 4.85. The first-order valence-electron chi connectivity index (χ1n) is 4.81. The van der Waals surface area contributed by atoms with E-state index in [1.807, 2.05) is 0 Å². The minimum atomic E-state index is 0.582. The van der Waals surface area contributed by atoms with Crippen LogP contribution in [0.5, 0.6) is 0 Å². The summed E-state index contributed by atoms with van der Waals surface area (Å²) in [5, 5.41) is 7.26. The predicted molar refractivity (Wildman–Crippen MR) is 62.4 cm³/mol. The summed E-state index contributed by atoms with van der Waals surface area (Å²) in [6, 6.07) is 5.38. The lowest BCUT2D eigenvalue weighted by Gasteiger charge is -2.09. The molecule has 0 saturated heterocycles. The maximum absolute atomic E-state index is 6.00. The monoisotopic (exact) mass is 238 g/mol. The fourth-order valence-electron chi connectivity index (χ4n) is 1.33. The lowest BCUT2D eigenvalue weighted by Crippen LogP contribution is -2.07. The van der Waals surface area contributed by atoms with E-state index >= 15 is 0 Å². The molecule has 84 valence electrons. The summed E-state index contributed by atoms with van der Waals surface area (Å²) < 4.78 is 4.87. The van der Waals surface area contributed by atoms with Crippen molar-refractivity contribution in [3.8, 4) is 0 Å². The molecule has 6 heteroatoms. The zero-order chi connectivity index (χ0) is 11.4. The van der Waals surface area contributed by atoms with Gasteiger partial charge in [0.1, 0.15) is 0 Å². The first kappa shape index (κ1) is 10.8. The number of benzene rings is 1. The van der Waals surface area contributed by atoms with Crippen LogP contribution in [0, 0.1) is 0 Å². The Morgan fingerprint density at radius 1 is 1.44 bits per heavy atom. The molecule has 0 amide bonds. The molecule has 0 spiro atoms. The SMILES string of the molecule is Nc1cccc(Cl)c1NCCc1ncno1. The van der Waals surface area contributed by atoms with E-state index in [4.69, 9.17) is 21.9 Å². The average Bonchev–Trinajstić information content (AvgIpc) is 2.75.